The van der Waals surface area contributed by atoms with Crippen LogP contribution in [0.1, 0.15) is 0 Å². The minimum absolute atomic E-state index is 0.0456. The maximum Gasteiger partial charge on any atom is 0.153 e. The number of nitrogens with one attached hydrogen (secondary N) is 1. The number of aromatic amines is 1. The van der Waals surface area contributed by atoms with Gasteiger partial charge in [-0.15, -0.1) is 0 Å². The molecular weight excluding hydrogens is 277 g/mol. The molecule has 0 unspecified atom stereocenters. The lowest BCUT2D eigenvalue weighted by Gasteiger charge is -2.00. The molecule has 0 fully saturated rings. The Balaban J connectivity index is 2.26. The molecular formula is C13H6ClF3N2. The fourth-order valence-corrected chi connectivity index (χ4v) is 2.03. The van der Waals surface area contributed by atoms with E-state index in [1.54, 1.807) is 6.07 Å². The molecule has 0 aliphatic rings. The second-order valence-corrected chi connectivity index (χ2v) is 4.38. The topological polar surface area (TPSA) is 28.7 Å². The number of halogens is 4. The van der Waals surface area contributed by atoms with Gasteiger partial charge in [0.05, 0.1) is 16.1 Å². The van der Waals surface area contributed by atoms with E-state index >= 15 is 0 Å². The van der Waals surface area contributed by atoms with Crippen LogP contribution in [0.4, 0.5) is 13.2 Å². The Hall–Kier alpha value is -2.01. The highest BCUT2D eigenvalue weighted by Crippen LogP contribution is 2.28. The molecule has 96 valence electrons. The number of H-pyrrole nitrogens is 1. The Morgan fingerprint density at radius 1 is 1.11 bits per heavy atom. The third kappa shape index (κ3) is 1.96. The first-order valence-corrected chi connectivity index (χ1v) is 5.73. The summed E-state index contributed by atoms with van der Waals surface area (Å²) in [6.45, 7) is 0. The van der Waals surface area contributed by atoms with Gasteiger partial charge in [-0.3, -0.25) is 0 Å². The van der Waals surface area contributed by atoms with E-state index in [0.717, 1.165) is 12.1 Å². The molecule has 0 bridgehead atoms. The van der Waals surface area contributed by atoms with Gasteiger partial charge in [-0.05, 0) is 18.2 Å². The summed E-state index contributed by atoms with van der Waals surface area (Å²) in [6.07, 6.45) is 0. The minimum atomic E-state index is -0.806. The molecule has 2 aromatic carbocycles. The van der Waals surface area contributed by atoms with Crippen LogP contribution in [0, 0.1) is 17.5 Å². The molecule has 6 heteroatoms. The number of aromatic nitrogens is 2. The molecule has 0 amide bonds. The zero-order valence-corrected chi connectivity index (χ0v) is 10.1. The molecule has 1 aromatic heterocycles. The molecule has 0 saturated heterocycles. The molecule has 1 N–H and O–H groups in total. The van der Waals surface area contributed by atoms with E-state index < -0.39 is 17.5 Å². The quantitative estimate of drug-likeness (QED) is 0.708. The van der Waals surface area contributed by atoms with Gasteiger partial charge in [-0.1, -0.05) is 17.7 Å². The predicted molar refractivity (Wildman–Crippen MR) is 66.4 cm³/mol. The molecule has 2 nitrogen and oxygen atoms in total. The molecule has 0 radical (unpaired) electrons. The van der Waals surface area contributed by atoms with Crippen molar-refractivity contribution in [3.05, 3.63) is 52.8 Å². The van der Waals surface area contributed by atoms with Gasteiger partial charge in [0.2, 0.25) is 0 Å². The number of nitrogens with zero attached hydrogens (tertiary/aromatic N) is 1. The second kappa shape index (κ2) is 4.28. The van der Waals surface area contributed by atoms with Crippen LogP contribution in [0.25, 0.3) is 22.4 Å². The van der Waals surface area contributed by atoms with Crippen molar-refractivity contribution < 1.29 is 13.2 Å². The van der Waals surface area contributed by atoms with Crippen LogP contribution in [-0.2, 0) is 0 Å². The molecule has 19 heavy (non-hydrogen) atoms. The van der Waals surface area contributed by atoms with Gasteiger partial charge in [-0.25, -0.2) is 18.2 Å². The summed E-state index contributed by atoms with van der Waals surface area (Å²) >= 11 is 5.67. The summed E-state index contributed by atoms with van der Waals surface area (Å²) in [7, 11) is 0. The maximum atomic E-state index is 13.8. The molecule has 1 heterocycles. The number of hydrogen-bond acceptors (Lipinski definition) is 1. The van der Waals surface area contributed by atoms with Crippen molar-refractivity contribution in [3.8, 4) is 11.4 Å². The molecule has 0 spiro atoms. The normalized spacial score (nSPS) is 11.2. The predicted octanol–water partition coefficient (Wildman–Crippen LogP) is 4.30. The average molecular weight is 283 g/mol. The fourth-order valence-electron chi connectivity index (χ4n) is 1.86. The second-order valence-electron chi connectivity index (χ2n) is 3.97. The zero-order valence-electron chi connectivity index (χ0n) is 9.35. The van der Waals surface area contributed by atoms with Crippen LogP contribution in [-0.4, -0.2) is 9.97 Å². The highest BCUT2D eigenvalue weighted by atomic mass is 35.5. The first-order valence-electron chi connectivity index (χ1n) is 5.35. The number of rotatable bonds is 1. The van der Waals surface area contributed by atoms with E-state index in [9.17, 15) is 13.2 Å². The Kier molecular flexibility index (Phi) is 2.71. The first-order chi connectivity index (χ1) is 9.06. The van der Waals surface area contributed by atoms with Crippen LogP contribution in [0.3, 0.4) is 0 Å². The summed E-state index contributed by atoms with van der Waals surface area (Å²) in [5.41, 5.74) is 0.214. The van der Waals surface area contributed by atoms with Crippen LogP contribution >= 0.6 is 11.6 Å². The van der Waals surface area contributed by atoms with Gasteiger partial charge in [0.1, 0.15) is 17.2 Å². The van der Waals surface area contributed by atoms with E-state index in [-0.39, 0.29) is 27.4 Å². The molecule has 3 aromatic rings. The lowest BCUT2D eigenvalue weighted by Crippen LogP contribution is -1.87. The molecule has 0 aliphatic heterocycles. The van der Waals surface area contributed by atoms with E-state index in [1.807, 2.05) is 0 Å². The third-order valence-electron chi connectivity index (χ3n) is 2.71. The summed E-state index contributed by atoms with van der Waals surface area (Å²) in [5.74, 6) is -2.10. The molecule has 3 rings (SSSR count). The molecule has 0 saturated carbocycles. The Labute approximate surface area is 110 Å². The largest absolute Gasteiger partial charge is 0.338 e. The summed E-state index contributed by atoms with van der Waals surface area (Å²) in [6, 6.07) is 6.21. The average Bonchev–Trinajstić information content (AvgIpc) is 2.76. The summed E-state index contributed by atoms with van der Waals surface area (Å²) < 4.78 is 40.4. The van der Waals surface area contributed by atoms with Crippen molar-refractivity contribution >= 4 is 22.6 Å². The van der Waals surface area contributed by atoms with E-state index in [2.05, 4.69) is 9.97 Å². The third-order valence-corrected chi connectivity index (χ3v) is 3.00. The summed E-state index contributed by atoms with van der Waals surface area (Å²) in [4.78, 5) is 6.60. The smallest absolute Gasteiger partial charge is 0.153 e. The maximum absolute atomic E-state index is 13.8. The van der Waals surface area contributed by atoms with E-state index in [4.69, 9.17) is 11.6 Å². The Morgan fingerprint density at radius 3 is 2.68 bits per heavy atom. The van der Waals surface area contributed by atoms with Crippen LogP contribution in [0.2, 0.25) is 5.02 Å². The number of benzene rings is 2. The van der Waals surface area contributed by atoms with Crippen LogP contribution in [0.15, 0.2) is 30.3 Å². The highest BCUT2D eigenvalue weighted by Gasteiger charge is 2.15. The Morgan fingerprint density at radius 2 is 1.89 bits per heavy atom. The number of imidazole rings is 1. The lowest BCUT2D eigenvalue weighted by atomic mass is 10.2. The van der Waals surface area contributed by atoms with E-state index in [0.29, 0.717) is 0 Å². The van der Waals surface area contributed by atoms with Gasteiger partial charge >= 0.3 is 0 Å². The van der Waals surface area contributed by atoms with Gasteiger partial charge in [0, 0.05) is 6.07 Å². The van der Waals surface area contributed by atoms with Crippen LogP contribution in [0.5, 0.6) is 0 Å². The van der Waals surface area contributed by atoms with Crippen LogP contribution < -0.4 is 0 Å². The number of hydrogen-bond donors (Lipinski definition) is 1. The SMILES string of the molecule is Fc1cc(F)c2nc(-c3cccc(Cl)c3F)[nH]c2c1. The van der Waals surface area contributed by atoms with Crippen molar-refractivity contribution in [3.63, 3.8) is 0 Å². The van der Waals surface area contributed by atoms with E-state index in [1.165, 1.54) is 12.1 Å². The van der Waals surface area contributed by atoms with Gasteiger partial charge in [0.15, 0.2) is 11.6 Å². The molecule has 0 atom stereocenters. The minimum Gasteiger partial charge on any atom is -0.338 e. The molecule has 0 aliphatic carbocycles. The zero-order chi connectivity index (χ0) is 13.6. The van der Waals surface area contributed by atoms with Crippen molar-refractivity contribution in [2.24, 2.45) is 0 Å². The van der Waals surface area contributed by atoms with Crippen molar-refractivity contribution in [2.75, 3.05) is 0 Å². The van der Waals surface area contributed by atoms with Crippen molar-refractivity contribution in [1.82, 2.24) is 9.97 Å². The summed E-state index contributed by atoms with van der Waals surface area (Å²) in [5, 5.41) is -0.0652. The van der Waals surface area contributed by atoms with Gasteiger partial charge < -0.3 is 4.98 Å². The monoisotopic (exact) mass is 282 g/mol. The first kappa shape index (κ1) is 12.0. The highest BCUT2D eigenvalue weighted by molar-refractivity contribution is 6.31. The Bertz CT molecular complexity index is 783. The fraction of sp³-hybridized carbons (Fsp3) is 0. The van der Waals surface area contributed by atoms with Crippen molar-refractivity contribution in [2.45, 2.75) is 0 Å². The van der Waals surface area contributed by atoms with Gasteiger partial charge in [-0.2, -0.15) is 0 Å². The van der Waals surface area contributed by atoms with Crippen molar-refractivity contribution in [1.29, 1.82) is 0 Å². The standard InChI is InChI=1S/C13H6ClF3N2/c14-8-3-1-2-7(11(8)17)13-18-10-5-6(15)4-9(16)12(10)19-13/h1-5H,(H,18,19). The number of fused-ring (bicyclic) bond motifs is 1. The van der Waals surface area contributed by atoms with Gasteiger partial charge in [0.25, 0.3) is 0 Å². The lowest BCUT2D eigenvalue weighted by molar-refractivity contribution is 0.590.